The monoisotopic (exact) mass is 333 g/mol. The first-order chi connectivity index (χ1) is 10.6. The highest BCUT2D eigenvalue weighted by Gasteiger charge is 2.28. The fraction of sp³-hybridized carbons (Fsp3) is 0.267. The number of aryl methyl sites for hydroxylation is 1. The first-order valence-electron chi connectivity index (χ1n) is 6.89. The predicted octanol–water partition coefficient (Wildman–Crippen LogP) is 3.25. The van der Waals surface area contributed by atoms with Crippen molar-refractivity contribution in [2.24, 2.45) is 7.05 Å². The van der Waals surface area contributed by atoms with Crippen LogP contribution in [0.15, 0.2) is 27.8 Å². The quantitative estimate of drug-likeness (QED) is 0.690. The van der Waals surface area contributed by atoms with Gasteiger partial charge in [-0.15, -0.1) is 0 Å². The van der Waals surface area contributed by atoms with E-state index < -0.39 is 0 Å². The molecule has 3 heterocycles. The number of fused-ring (bicyclic) bond motifs is 1. The van der Waals surface area contributed by atoms with Crippen LogP contribution in [0, 0.1) is 0 Å². The van der Waals surface area contributed by atoms with Crippen molar-refractivity contribution >= 4 is 34.0 Å². The van der Waals surface area contributed by atoms with E-state index in [2.05, 4.69) is 9.97 Å². The van der Waals surface area contributed by atoms with Crippen LogP contribution in [0.4, 0.5) is 0 Å². The summed E-state index contributed by atoms with van der Waals surface area (Å²) >= 11 is 7.53. The number of hydrogen-bond donors (Lipinski definition) is 0. The summed E-state index contributed by atoms with van der Waals surface area (Å²) in [5, 5.41) is 4.09. The third-order valence-corrected chi connectivity index (χ3v) is 4.55. The van der Waals surface area contributed by atoms with Gasteiger partial charge in [0.1, 0.15) is 5.52 Å². The van der Waals surface area contributed by atoms with Crippen LogP contribution in [0.3, 0.4) is 0 Å². The lowest BCUT2D eigenvalue weighted by Gasteiger charge is -2.14. The van der Waals surface area contributed by atoms with Crippen LogP contribution in [0.25, 0.3) is 22.2 Å². The number of halogens is 1. The van der Waals surface area contributed by atoms with Gasteiger partial charge in [0.05, 0.1) is 23.4 Å². The molecule has 0 aliphatic heterocycles. The normalized spacial score (nSPS) is 14.5. The second-order valence-corrected chi connectivity index (χ2v) is 6.39. The molecule has 3 aromatic heterocycles. The Kier molecular flexibility index (Phi) is 3.16. The number of rotatable bonds is 3. The molecule has 0 spiro atoms. The molecule has 22 heavy (non-hydrogen) atoms. The summed E-state index contributed by atoms with van der Waals surface area (Å²) in [6.07, 6.45) is 3.66. The summed E-state index contributed by atoms with van der Waals surface area (Å²) in [4.78, 5) is 21.0. The number of hydrogen-bond acceptors (Lipinski definition) is 5. The summed E-state index contributed by atoms with van der Waals surface area (Å²) in [7, 11) is 1.69. The van der Waals surface area contributed by atoms with Crippen molar-refractivity contribution in [2.45, 2.75) is 18.9 Å². The third-order valence-electron chi connectivity index (χ3n) is 3.68. The summed E-state index contributed by atoms with van der Waals surface area (Å²) in [6.45, 7) is 0. The van der Waals surface area contributed by atoms with Crippen molar-refractivity contribution in [3.63, 3.8) is 0 Å². The Morgan fingerprint density at radius 3 is 2.95 bits per heavy atom. The maximum Gasteiger partial charge on any atom is 0.293 e. The zero-order chi connectivity index (χ0) is 15.3. The van der Waals surface area contributed by atoms with E-state index >= 15 is 0 Å². The predicted molar refractivity (Wildman–Crippen MR) is 86.8 cm³/mol. The van der Waals surface area contributed by atoms with E-state index in [4.69, 9.17) is 16.3 Å². The largest absolute Gasteiger partial charge is 0.484 e. The van der Waals surface area contributed by atoms with Gasteiger partial charge in [-0.05, 0) is 46.8 Å². The number of aromatic nitrogens is 3. The van der Waals surface area contributed by atoms with Crippen molar-refractivity contribution in [1.82, 2.24) is 14.5 Å². The van der Waals surface area contributed by atoms with Crippen molar-refractivity contribution < 1.29 is 4.74 Å². The van der Waals surface area contributed by atoms with Crippen LogP contribution in [0.2, 0.25) is 5.28 Å². The summed E-state index contributed by atoms with van der Waals surface area (Å²) < 4.78 is 7.42. The smallest absolute Gasteiger partial charge is 0.293 e. The minimum Gasteiger partial charge on any atom is -0.484 e. The van der Waals surface area contributed by atoms with Crippen LogP contribution in [0.5, 0.6) is 5.75 Å². The minimum absolute atomic E-state index is 0.125. The van der Waals surface area contributed by atoms with Crippen molar-refractivity contribution in [1.29, 1.82) is 0 Å². The first kappa shape index (κ1) is 13.7. The Morgan fingerprint density at radius 1 is 1.45 bits per heavy atom. The highest BCUT2D eigenvalue weighted by molar-refractivity contribution is 7.08. The van der Waals surface area contributed by atoms with Gasteiger partial charge >= 0.3 is 0 Å². The molecule has 0 amide bonds. The Morgan fingerprint density at radius 2 is 2.27 bits per heavy atom. The van der Waals surface area contributed by atoms with Gasteiger partial charge in [-0.3, -0.25) is 4.79 Å². The Hall–Kier alpha value is -1.92. The average molecular weight is 334 g/mol. The lowest BCUT2D eigenvalue weighted by Crippen LogP contribution is -2.22. The van der Waals surface area contributed by atoms with Crippen LogP contribution >= 0.6 is 22.9 Å². The average Bonchev–Trinajstić information content (AvgIpc) is 3.16. The first-order valence-corrected chi connectivity index (χ1v) is 8.21. The fourth-order valence-corrected chi connectivity index (χ4v) is 3.18. The number of nitrogens with zero attached hydrogens (tertiary/aromatic N) is 3. The molecule has 0 N–H and O–H groups in total. The van der Waals surface area contributed by atoms with Crippen LogP contribution < -0.4 is 10.3 Å². The lowest BCUT2D eigenvalue weighted by molar-refractivity contribution is 0.299. The van der Waals surface area contributed by atoms with Crippen LogP contribution in [-0.2, 0) is 7.05 Å². The number of thiophene rings is 1. The molecule has 0 radical (unpaired) electrons. The summed E-state index contributed by atoms with van der Waals surface area (Å²) in [5.74, 6) is 0.352. The Bertz CT molecular complexity index is 917. The summed E-state index contributed by atoms with van der Waals surface area (Å²) in [6, 6.07) is 1.95. The van der Waals surface area contributed by atoms with E-state index in [1.807, 2.05) is 16.8 Å². The molecule has 1 aliphatic rings. The van der Waals surface area contributed by atoms with Crippen molar-refractivity contribution in [3.8, 4) is 16.9 Å². The van der Waals surface area contributed by atoms with Crippen LogP contribution in [0.1, 0.15) is 12.8 Å². The van der Waals surface area contributed by atoms with E-state index in [0.29, 0.717) is 22.3 Å². The molecular formula is C15H12ClN3O2S. The molecule has 1 saturated carbocycles. The van der Waals surface area contributed by atoms with Gasteiger partial charge in [0.15, 0.2) is 5.75 Å². The highest BCUT2D eigenvalue weighted by Crippen LogP contribution is 2.37. The molecule has 0 unspecified atom stereocenters. The molecule has 0 bridgehead atoms. The van der Waals surface area contributed by atoms with E-state index in [9.17, 15) is 4.79 Å². The van der Waals surface area contributed by atoms with E-state index in [1.54, 1.807) is 24.6 Å². The molecule has 1 fully saturated rings. The molecule has 5 nitrogen and oxygen atoms in total. The molecule has 0 aromatic carbocycles. The van der Waals surface area contributed by atoms with E-state index in [1.165, 1.54) is 4.57 Å². The molecule has 0 atom stereocenters. The van der Waals surface area contributed by atoms with Gasteiger partial charge in [0, 0.05) is 7.05 Å². The molecule has 4 rings (SSSR count). The molecule has 112 valence electrons. The zero-order valence-corrected chi connectivity index (χ0v) is 13.3. The molecule has 3 aromatic rings. The maximum absolute atomic E-state index is 12.7. The fourth-order valence-electron chi connectivity index (χ4n) is 2.40. The topological polar surface area (TPSA) is 57.0 Å². The molecule has 1 aliphatic carbocycles. The molecular weight excluding hydrogens is 322 g/mol. The zero-order valence-electron chi connectivity index (χ0n) is 11.7. The maximum atomic E-state index is 12.7. The van der Waals surface area contributed by atoms with E-state index in [0.717, 1.165) is 18.4 Å². The Labute approximate surface area is 135 Å². The van der Waals surface area contributed by atoms with Crippen molar-refractivity contribution in [2.75, 3.05) is 0 Å². The SMILES string of the molecule is Cn1c(=O)c(OC2CC2)c(-c2ccsc2)c2nc(Cl)ncc21. The number of ether oxygens (including phenoxy) is 1. The Balaban J connectivity index is 2.12. The molecule has 0 saturated heterocycles. The van der Waals surface area contributed by atoms with Crippen molar-refractivity contribution in [3.05, 3.63) is 38.7 Å². The van der Waals surface area contributed by atoms with Gasteiger partial charge in [0.25, 0.3) is 5.56 Å². The van der Waals surface area contributed by atoms with Gasteiger partial charge in [-0.2, -0.15) is 11.3 Å². The summed E-state index contributed by atoms with van der Waals surface area (Å²) in [5.41, 5.74) is 2.72. The van der Waals surface area contributed by atoms with Gasteiger partial charge in [-0.1, -0.05) is 0 Å². The van der Waals surface area contributed by atoms with Gasteiger partial charge in [0.2, 0.25) is 5.28 Å². The van der Waals surface area contributed by atoms with Gasteiger partial charge in [-0.25, -0.2) is 9.97 Å². The van der Waals surface area contributed by atoms with Gasteiger partial charge < -0.3 is 9.30 Å². The highest BCUT2D eigenvalue weighted by atomic mass is 35.5. The second-order valence-electron chi connectivity index (χ2n) is 5.27. The minimum atomic E-state index is -0.175. The lowest BCUT2D eigenvalue weighted by atomic mass is 10.1. The number of pyridine rings is 1. The molecule has 7 heteroatoms. The third kappa shape index (κ3) is 2.19. The second kappa shape index (κ2) is 5.07. The standard InChI is InChI=1S/C15H12ClN3O2S/c1-19-10-6-17-15(16)18-12(10)11(8-4-5-22-7-8)13(14(19)20)21-9-2-3-9/h4-7,9H,2-3H2,1H3. The van der Waals surface area contributed by atoms with E-state index in [-0.39, 0.29) is 16.9 Å². The van der Waals surface area contributed by atoms with Crippen LogP contribution in [-0.4, -0.2) is 20.6 Å².